The molecule has 20 heavy (non-hydrogen) atoms. The zero-order chi connectivity index (χ0) is 14.7. The van der Waals surface area contributed by atoms with E-state index < -0.39 is 5.97 Å². The van der Waals surface area contributed by atoms with Crippen LogP contribution in [0.1, 0.15) is 24.2 Å². The SMILES string of the molecule is COC(=O)c1cc(N2CCN(C(C)C)CC2)ncc1N. The van der Waals surface area contributed by atoms with Crippen LogP contribution >= 0.6 is 0 Å². The lowest BCUT2D eigenvalue weighted by atomic mass is 10.2. The summed E-state index contributed by atoms with van der Waals surface area (Å²) in [4.78, 5) is 20.6. The van der Waals surface area contributed by atoms with Gasteiger partial charge in [0.1, 0.15) is 5.82 Å². The fourth-order valence-electron chi connectivity index (χ4n) is 2.38. The minimum Gasteiger partial charge on any atom is -0.465 e. The number of pyridine rings is 1. The number of hydrogen-bond donors (Lipinski definition) is 1. The summed E-state index contributed by atoms with van der Waals surface area (Å²) in [7, 11) is 1.35. The first-order chi connectivity index (χ1) is 9.52. The first kappa shape index (κ1) is 14.6. The summed E-state index contributed by atoms with van der Waals surface area (Å²) in [5, 5.41) is 0. The monoisotopic (exact) mass is 278 g/mol. The third-order valence-corrected chi connectivity index (χ3v) is 3.69. The topological polar surface area (TPSA) is 71.7 Å². The highest BCUT2D eigenvalue weighted by Gasteiger charge is 2.21. The van der Waals surface area contributed by atoms with E-state index in [-0.39, 0.29) is 0 Å². The van der Waals surface area contributed by atoms with Crippen LogP contribution in [0.4, 0.5) is 11.5 Å². The minimum absolute atomic E-state index is 0.349. The van der Waals surface area contributed by atoms with Gasteiger partial charge >= 0.3 is 5.97 Å². The summed E-state index contributed by atoms with van der Waals surface area (Å²) in [6.45, 7) is 8.19. The normalized spacial score (nSPS) is 16.5. The highest BCUT2D eigenvalue weighted by Crippen LogP contribution is 2.20. The molecule has 0 aromatic carbocycles. The summed E-state index contributed by atoms with van der Waals surface area (Å²) in [6, 6.07) is 2.27. The van der Waals surface area contributed by atoms with Crippen LogP contribution in [0.3, 0.4) is 0 Å². The molecule has 2 N–H and O–H groups in total. The number of hydrogen-bond acceptors (Lipinski definition) is 6. The summed E-state index contributed by atoms with van der Waals surface area (Å²) in [5.41, 5.74) is 6.49. The molecule has 1 aliphatic heterocycles. The largest absolute Gasteiger partial charge is 0.465 e. The maximum absolute atomic E-state index is 11.7. The average Bonchev–Trinajstić information content (AvgIpc) is 2.47. The molecule has 110 valence electrons. The number of rotatable bonds is 3. The van der Waals surface area contributed by atoms with Crippen molar-refractivity contribution < 1.29 is 9.53 Å². The number of esters is 1. The molecule has 1 saturated heterocycles. The summed E-state index contributed by atoms with van der Waals surface area (Å²) < 4.78 is 4.73. The lowest BCUT2D eigenvalue weighted by Gasteiger charge is -2.37. The molecular formula is C14H22N4O2. The molecule has 0 amide bonds. The molecule has 1 aliphatic rings. The van der Waals surface area contributed by atoms with Gasteiger partial charge in [-0.05, 0) is 19.9 Å². The van der Waals surface area contributed by atoms with E-state index in [2.05, 4.69) is 28.6 Å². The van der Waals surface area contributed by atoms with Crippen molar-refractivity contribution >= 4 is 17.5 Å². The molecule has 1 aromatic rings. The number of carbonyl (C=O) groups is 1. The number of ether oxygens (including phenoxy) is 1. The molecule has 6 nitrogen and oxygen atoms in total. The number of piperazine rings is 1. The van der Waals surface area contributed by atoms with E-state index in [0.717, 1.165) is 32.0 Å². The standard InChI is InChI=1S/C14H22N4O2/c1-10(2)17-4-6-18(7-5-17)13-8-11(14(19)20-3)12(15)9-16-13/h8-10H,4-7,15H2,1-3H3. The van der Waals surface area contributed by atoms with E-state index in [1.807, 2.05) is 0 Å². The molecule has 0 saturated carbocycles. The fraction of sp³-hybridized carbons (Fsp3) is 0.571. The van der Waals surface area contributed by atoms with Gasteiger partial charge in [-0.3, -0.25) is 4.90 Å². The predicted octanol–water partition coefficient (Wildman–Crippen LogP) is 0.981. The van der Waals surface area contributed by atoms with Gasteiger partial charge < -0.3 is 15.4 Å². The van der Waals surface area contributed by atoms with Crippen LogP contribution < -0.4 is 10.6 Å². The molecule has 0 unspecified atom stereocenters. The zero-order valence-corrected chi connectivity index (χ0v) is 12.3. The van der Waals surface area contributed by atoms with Crippen molar-refractivity contribution in [3.63, 3.8) is 0 Å². The smallest absolute Gasteiger partial charge is 0.340 e. The van der Waals surface area contributed by atoms with Gasteiger partial charge in [-0.15, -0.1) is 0 Å². The lowest BCUT2D eigenvalue weighted by Crippen LogP contribution is -2.49. The van der Waals surface area contributed by atoms with E-state index in [4.69, 9.17) is 10.5 Å². The minimum atomic E-state index is -0.424. The molecule has 0 atom stereocenters. The second-order valence-electron chi connectivity index (χ2n) is 5.24. The van der Waals surface area contributed by atoms with Gasteiger partial charge in [0.25, 0.3) is 0 Å². The van der Waals surface area contributed by atoms with Crippen molar-refractivity contribution in [3.05, 3.63) is 17.8 Å². The third kappa shape index (κ3) is 3.01. The number of nitrogens with two attached hydrogens (primary N) is 1. The van der Waals surface area contributed by atoms with Gasteiger partial charge in [0.2, 0.25) is 0 Å². The van der Waals surface area contributed by atoms with Crippen molar-refractivity contribution in [2.24, 2.45) is 0 Å². The highest BCUT2D eigenvalue weighted by molar-refractivity contribution is 5.95. The Morgan fingerprint density at radius 3 is 2.55 bits per heavy atom. The predicted molar refractivity (Wildman–Crippen MR) is 78.9 cm³/mol. The van der Waals surface area contributed by atoms with Gasteiger partial charge in [0.05, 0.1) is 24.6 Å². The zero-order valence-electron chi connectivity index (χ0n) is 12.3. The average molecular weight is 278 g/mol. The number of nitrogen functional groups attached to an aromatic ring is 1. The van der Waals surface area contributed by atoms with Crippen molar-refractivity contribution in [2.45, 2.75) is 19.9 Å². The first-order valence-corrected chi connectivity index (χ1v) is 6.85. The third-order valence-electron chi connectivity index (χ3n) is 3.69. The molecule has 2 rings (SSSR count). The van der Waals surface area contributed by atoms with Crippen LogP contribution in [-0.4, -0.2) is 55.2 Å². The Bertz CT molecular complexity index is 482. The molecule has 0 radical (unpaired) electrons. The van der Waals surface area contributed by atoms with Crippen LogP contribution in [0.5, 0.6) is 0 Å². The van der Waals surface area contributed by atoms with Gasteiger partial charge in [0, 0.05) is 32.2 Å². The van der Waals surface area contributed by atoms with E-state index in [0.29, 0.717) is 17.3 Å². The first-order valence-electron chi connectivity index (χ1n) is 6.85. The van der Waals surface area contributed by atoms with E-state index >= 15 is 0 Å². The second-order valence-corrected chi connectivity index (χ2v) is 5.24. The molecule has 1 fully saturated rings. The van der Waals surface area contributed by atoms with Crippen LogP contribution in [-0.2, 0) is 4.74 Å². The maximum atomic E-state index is 11.7. The summed E-state index contributed by atoms with van der Waals surface area (Å²) in [5.74, 6) is 0.356. The Morgan fingerprint density at radius 1 is 1.35 bits per heavy atom. The van der Waals surface area contributed by atoms with E-state index in [9.17, 15) is 4.79 Å². The molecule has 1 aromatic heterocycles. The van der Waals surface area contributed by atoms with Gasteiger partial charge in [0.15, 0.2) is 0 Å². The second kappa shape index (κ2) is 6.09. The van der Waals surface area contributed by atoms with Crippen molar-refractivity contribution in [3.8, 4) is 0 Å². The summed E-state index contributed by atoms with van der Waals surface area (Å²) in [6.07, 6.45) is 1.52. The van der Waals surface area contributed by atoms with Crippen molar-refractivity contribution in [1.29, 1.82) is 0 Å². The van der Waals surface area contributed by atoms with Crippen molar-refractivity contribution in [2.75, 3.05) is 43.9 Å². The van der Waals surface area contributed by atoms with Crippen LogP contribution in [0, 0.1) is 0 Å². The van der Waals surface area contributed by atoms with E-state index in [1.54, 1.807) is 6.07 Å². The molecule has 0 aliphatic carbocycles. The van der Waals surface area contributed by atoms with Crippen LogP contribution in [0.2, 0.25) is 0 Å². The van der Waals surface area contributed by atoms with Crippen LogP contribution in [0.15, 0.2) is 12.3 Å². The number of carbonyl (C=O) groups excluding carboxylic acids is 1. The van der Waals surface area contributed by atoms with Crippen LogP contribution in [0.25, 0.3) is 0 Å². The Kier molecular flexibility index (Phi) is 4.44. The molecule has 2 heterocycles. The van der Waals surface area contributed by atoms with E-state index in [1.165, 1.54) is 13.3 Å². The molecule has 0 spiro atoms. The van der Waals surface area contributed by atoms with Crippen molar-refractivity contribution in [1.82, 2.24) is 9.88 Å². The Morgan fingerprint density at radius 2 is 2.00 bits per heavy atom. The van der Waals surface area contributed by atoms with Gasteiger partial charge in [-0.2, -0.15) is 0 Å². The number of anilines is 2. The van der Waals surface area contributed by atoms with Gasteiger partial charge in [-0.25, -0.2) is 9.78 Å². The number of nitrogens with zero attached hydrogens (tertiary/aromatic N) is 3. The molecule has 0 bridgehead atoms. The molecular weight excluding hydrogens is 256 g/mol. The Labute approximate surface area is 119 Å². The molecule has 6 heteroatoms. The quantitative estimate of drug-likeness (QED) is 0.831. The maximum Gasteiger partial charge on any atom is 0.340 e. The summed E-state index contributed by atoms with van der Waals surface area (Å²) >= 11 is 0. The van der Waals surface area contributed by atoms with Gasteiger partial charge in [-0.1, -0.05) is 0 Å². The lowest BCUT2D eigenvalue weighted by molar-refractivity contribution is 0.0602. The Balaban J connectivity index is 2.12. The Hall–Kier alpha value is -1.82. The number of methoxy groups -OCH3 is 1. The highest BCUT2D eigenvalue weighted by atomic mass is 16.5. The number of aromatic nitrogens is 1. The fourth-order valence-corrected chi connectivity index (χ4v) is 2.38.